The number of alkyl halides is 3. The molecule has 9 heteroatoms. The molecule has 0 aliphatic carbocycles. The third-order valence-corrected chi connectivity index (χ3v) is 4.44. The molecule has 31 heavy (non-hydrogen) atoms. The minimum absolute atomic E-state index is 0.0463. The van der Waals surface area contributed by atoms with Gasteiger partial charge in [0.15, 0.2) is 5.65 Å². The molecule has 2 N–H and O–H groups in total. The van der Waals surface area contributed by atoms with E-state index in [9.17, 15) is 18.0 Å². The molecule has 4 rings (SSSR count). The van der Waals surface area contributed by atoms with Crippen LogP contribution in [-0.2, 0) is 11.3 Å². The molecule has 0 saturated heterocycles. The van der Waals surface area contributed by atoms with Crippen molar-refractivity contribution in [3.63, 3.8) is 0 Å². The SMILES string of the molecule is NCc1ccc(-c2nc3nc(OC(=O)C(F)(F)F)ccc3nc2-c2ccccc2)cc1. The number of carbonyl (C=O) groups excluding carboxylic acids is 1. The number of halogens is 3. The summed E-state index contributed by atoms with van der Waals surface area (Å²) in [5.74, 6) is -2.87. The zero-order valence-electron chi connectivity index (χ0n) is 15.9. The molecule has 0 saturated carbocycles. The van der Waals surface area contributed by atoms with E-state index in [1.165, 1.54) is 6.07 Å². The van der Waals surface area contributed by atoms with E-state index in [1.807, 2.05) is 54.6 Å². The average molecular weight is 424 g/mol. The summed E-state index contributed by atoms with van der Waals surface area (Å²) in [5.41, 5.74) is 9.57. The molecule has 0 bridgehead atoms. The summed E-state index contributed by atoms with van der Waals surface area (Å²) >= 11 is 0. The number of carbonyl (C=O) groups is 1. The third kappa shape index (κ3) is 4.36. The molecule has 0 radical (unpaired) electrons. The minimum Gasteiger partial charge on any atom is -0.401 e. The van der Waals surface area contributed by atoms with E-state index in [0.29, 0.717) is 23.4 Å². The number of esters is 1. The highest BCUT2D eigenvalue weighted by Gasteiger charge is 2.41. The maximum Gasteiger partial charge on any atom is 0.491 e. The maximum absolute atomic E-state index is 12.5. The van der Waals surface area contributed by atoms with E-state index in [2.05, 4.69) is 19.7 Å². The minimum atomic E-state index is -5.13. The Hall–Kier alpha value is -3.85. The van der Waals surface area contributed by atoms with Crippen LogP contribution >= 0.6 is 0 Å². The Bertz CT molecular complexity index is 1240. The van der Waals surface area contributed by atoms with Crippen LogP contribution < -0.4 is 10.5 Å². The lowest BCUT2D eigenvalue weighted by Gasteiger charge is -2.11. The van der Waals surface area contributed by atoms with Gasteiger partial charge in [0.25, 0.3) is 0 Å². The first-order valence-electron chi connectivity index (χ1n) is 9.18. The first-order valence-corrected chi connectivity index (χ1v) is 9.18. The smallest absolute Gasteiger partial charge is 0.401 e. The topological polar surface area (TPSA) is 91.0 Å². The van der Waals surface area contributed by atoms with Crippen LogP contribution in [0, 0.1) is 0 Å². The fraction of sp³-hybridized carbons (Fsp3) is 0.0909. The van der Waals surface area contributed by atoms with E-state index in [1.54, 1.807) is 0 Å². The van der Waals surface area contributed by atoms with Crippen LogP contribution in [0.4, 0.5) is 13.2 Å². The highest BCUT2D eigenvalue weighted by molar-refractivity contribution is 5.85. The molecule has 2 aromatic heterocycles. The van der Waals surface area contributed by atoms with E-state index in [0.717, 1.165) is 22.8 Å². The lowest BCUT2D eigenvalue weighted by molar-refractivity contribution is -0.189. The Balaban J connectivity index is 1.85. The second-order valence-electron chi connectivity index (χ2n) is 6.57. The van der Waals surface area contributed by atoms with Crippen LogP contribution in [-0.4, -0.2) is 27.1 Å². The average Bonchev–Trinajstić information content (AvgIpc) is 2.78. The van der Waals surface area contributed by atoms with Crippen molar-refractivity contribution in [2.75, 3.05) is 0 Å². The fourth-order valence-electron chi connectivity index (χ4n) is 2.93. The number of hydrogen-bond acceptors (Lipinski definition) is 6. The molecule has 0 amide bonds. The molecule has 0 spiro atoms. The molecule has 4 aromatic rings. The molecule has 0 fully saturated rings. The molecule has 0 aliphatic heterocycles. The van der Waals surface area contributed by atoms with E-state index in [4.69, 9.17) is 5.73 Å². The van der Waals surface area contributed by atoms with E-state index >= 15 is 0 Å². The van der Waals surface area contributed by atoms with Gasteiger partial charge in [-0.25, -0.2) is 14.8 Å². The van der Waals surface area contributed by atoms with Crippen LogP contribution in [0.15, 0.2) is 66.7 Å². The number of rotatable bonds is 4. The summed E-state index contributed by atoms with van der Waals surface area (Å²) in [6.45, 7) is 0.380. The van der Waals surface area contributed by atoms with Gasteiger partial charge in [0.1, 0.15) is 5.52 Å². The van der Waals surface area contributed by atoms with Gasteiger partial charge in [-0.15, -0.1) is 0 Å². The first-order chi connectivity index (χ1) is 14.8. The summed E-state index contributed by atoms with van der Waals surface area (Å²) in [5, 5.41) is 0. The highest BCUT2D eigenvalue weighted by atomic mass is 19.4. The predicted octanol–water partition coefficient (Wildman–Crippen LogP) is 4.29. The Morgan fingerprint density at radius 1 is 0.839 bits per heavy atom. The highest BCUT2D eigenvalue weighted by Crippen LogP contribution is 2.31. The first kappa shape index (κ1) is 20.4. The van der Waals surface area contributed by atoms with Gasteiger partial charge in [0.2, 0.25) is 5.88 Å². The molecule has 0 aliphatic rings. The number of pyridine rings is 1. The predicted molar refractivity (Wildman–Crippen MR) is 108 cm³/mol. The van der Waals surface area contributed by atoms with Gasteiger partial charge < -0.3 is 10.5 Å². The van der Waals surface area contributed by atoms with Crippen molar-refractivity contribution in [3.8, 4) is 28.4 Å². The van der Waals surface area contributed by atoms with Crippen molar-refractivity contribution in [1.82, 2.24) is 15.0 Å². The second kappa shape index (κ2) is 8.11. The van der Waals surface area contributed by atoms with Gasteiger partial charge >= 0.3 is 12.1 Å². The Labute approximate surface area is 174 Å². The van der Waals surface area contributed by atoms with Crippen molar-refractivity contribution >= 4 is 17.1 Å². The number of nitrogens with two attached hydrogens (primary N) is 1. The van der Waals surface area contributed by atoms with Gasteiger partial charge in [-0.3, -0.25) is 0 Å². The van der Waals surface area contributed by atoms with Crippen LogP contribution in [0.1, 0.15) is 5.56 Å². The molecule has 6 nitrogen and oxygen atoms in total. The Morgan fingerprint density at radius 2 is 1.48 bits per heavy atom. The normalized spacial score (nSPS) is 11.5. The number of benzene rings is 2. The Kier molecular flexibility index (Phi) is 5.35. The molecule has 2 aromatic carbocycles. The van der Waals surface area contributed by atoms with Gasteiger partial charge in [0, 0.05) is 23.7 Å². The van der Waals surface area contributed by atoms with Crippen LogP contribution in [0.5, 0.6) is 5.88 Å². The Morgan fingerprint density at radius 3 is 2.13 bits per heavy atom. The second-order valence-corrected chi connectivity index (χ2v) is 6.57. The molecular formula is C22H15F3N4O2. The number of hydrogen-bond donors (Lipinski definition) is 1. The lowest BCUT2D eigenvalue weighted by atomic mass is 10.0. The van der Waals surface area contributed by atoms with Crippen molar-refractivity contribution in [3.05, 3.63) is 72.3 Å². The van der Waals surface area contributed by atoms with Gasteiger partial charge in [-0.1, -0.05) is 54.6 Å². The summed E-state index contributed by atoms with van der Waals surface area (Å²) in [6, 6.07) is 19.3. The van der Waals surface area contributed by atoms with Gasteiger partial charge in [-0.05, 0) is 11.6 Å². The largest absolute Gasteiger partial charge is 0.491 e. The van der Waals surface area contributed by atoms with Gasteiger partial charge in [0.05, 0.1) is 11.4 Å². The summed E-state index contributed by atoms with van der Waals surface area (Å²) in [4.78, 5) is 24.2. The summed E-state index contributed by atoms with van der Waals surface area (Å²) in [6.07, 6.45) is -5.13. The molecule has 0 unspecified atom stereocenters. The molecular weight excluding hydrogens is 409 g/mol. The number of fused-ring (bicyclic) bond motifs is 1. The monoisotopic (exact) mass is 424 g/mol. The zero-order valence-corrected chi connectivity index (χ0v) is 15.9. The van der Waals surface area contributed by atoms with E-state index < -0.39 is 18.0 Å². The van der Waals surface area contributed by atoms with Crippen molar-refractivity contribution in [1.29, 1.82) is 0 Å². The quantitative estimate of drug-likeness (QED) is 0.492. The maximum atomic E-state index is 12.5. The molecule has 2 heterocycles. The third-order valence-electron chi connectivity index (χ3n) is 4.44. The zero-order chi connectivity index (χ0) is 22.0. The van der Waals surface area contributed by atoms with Crippen LogP contribution in [0.25, 0.3) is 33.7 Å². The fourth-order valence-corrected chi connectivity index (χ4v) is 2.93. The lowest BCUT2D eigenvalue weighted by Crippen LogP contribution is -2.28. The van der Waals surface area contributed by atoms with Crippen molar-refractivity contribution in [2.24, 2.45) is 5.73 Å². The number of ether oxygens (including phenoxy) is 1. The number of aromatic nitrogens is 3. The molecule has 156 valence electrons. The summed E-state index contributed by atoms with van der Waals surface area (Å²) in [7, 11) is 0. The standard InChI is InChI=1S/C22H15F3N4O2/c23-22(24,25)21(30)31-17-11-10-16-20(28-17)29-19(15-8-6-13(12-26)7-9-15)18(27-16)14-4-2-1-3-5-14/h1-11H,12,26H2. The van der Waals surface area contributed by atoms with Crippen LogP contribution in [0.3, 0.4) is 0 Å². The number of nitrogens with zero attached hydrogens (tertiary/aromatic N) is 3. The van der Waals surface area contributed by atoms with Crippen molar-refractivity contribution in [2.45, 2.75) is 12.7 Å². The van der Waals surface area contributed by atoms with Crippen LogP contribution in [0.2, 0.25) is 0 Å². The van der Waals surface area contributed by atoms with Crippen molar-refractivity contribution < 1.29 is 22.7 Å². The van der Waals surface area contributed by atoms with E-state index in [-0.39, 0.29) is 5.65 Å². The summed E-state index contributed by atoms with van der Waals surface area (Å²) < 4.78 is 41.8. The van der Waals surface area contributed by atoms with Gasteiger partial charge in [-0.2, -0.15) is 18.2 Å². The molecule has 0 atom stereocenters.